The van der Waals surface area contributed by atoms with E-state index in [0.717, 1.165) is 11.4 Å². The third kappa shape index (κ3) is 3.30. The van der Waals surface area contributed by atoms with E-state index in [1.807, 2.05) is 13.8 Å². The molecule has 2 aromatic heterocycles. The molecule has 0 radical (unpaired) electrons. The van der Waals surface area contributed by atoms with E-state index in [1.165, 1.54) is 28.0 Å². The summed E-state index contributed by atoms with van der Waals surface area (Å²) in [6.07, 6.45) is 0.769. The van der Waals surface area contributed by atoms with Crippen molar-refractivity contribution in [2.75, 3.05) is 0 Å². The first-order valence-corrected chi connectivity index (χ1v) is 8.26. The molecule has 0 spiro atoms. The predicted molar refractivity (Wildman–Crippen MR) is 88.2 cm³/mol. The van der Waals surface area contributed by atoms with Crippen molar-refractivity contribution < 1.29 is 4.39 Å². The average Bonchev–Trinajstić information content (AvgIpc) is 2.97. The number of hydrogen-bond acceptors (Lipinski definition) is 5. The molecule has 23 heavy (non-hydrogen) atoms. The Morgan fingerprint density at radius 1 is 1.39 bits per heavy atom. The molecule has 0 fully saturated rings. The number of halogens is 1. The van der Waals surface area contributed by atoms with Gasteiger partial charge >= 0.3 is 0 Å². The Hall–Kier alpha value is -2.12. The molecule has 120 valence electrons. The van der Waals surface area contributed by atoms with E-state index in [4.69, 9.17) is 0 Å². The van der Waals surface area contributed by atoms with Gasteiger partial charge in [0.2, 0.25) is 4.96 Å². The van der Waals surface area contributed by atoms with Gasteiger partial charge in [-0.15, -0.1) is 0 Å². The maximum atomic E-state index is 13.8. The highest BCUT2D eigenvalue weighted by Crippen LogP contribution is 2.17. The van der Waals surface area contributed by atoms with Crippen molar-refractivity contribution in [2.24, 2.45) is 0 Å². The zero-order valence-electron chi connectivity index (χ0n) is 12.9. The van der Waals surface area contributed by atoms with Crippen molar-refractivity contribution in [3.63, 3.8) is 0 Å². The Bertz CT molecular complexity index is 889. The van der Waals surface area contributed by atoms with Crippen LogP contribution in [0.4, 0.5) is 4.39 Å². The van der Waals surface area contributed by atoms with Crippen LogP contribution in [0.3, 0.4) is 0 Å². The van der Waals surface area contributed by atoms with Crippen LogP contribution in [0, 0.1) is 5.82 Å². The second-order valence-electron chi connectivity index (χ2n) is 5.25. The smallest absolute Gasteiger partial charge is 0.275 e. The van der Waals surface area contributed by atoms with Gasteiger partial charge in [-0.3, -0.25) is 4.79 Å². The maximum Gasteiger partial charge on any atom is 0.275 e. The molecule has 0 bridgehead atoms. The van der Waals surface area contributed by atoms with Crippen LogP contribution < -0.4 is 10.9 Å². The van der Waals surface area contributed by atoms with Gasteiger partial charge in [-0.25, -0.2) is 9.37 Å². The van der Waals surface area contributed by atoms with Gasteiger partial charge < -0.3 is 5.32 Å². The molecule has 0 aliphatic carbocycles. The lowest BCUT2D eigenvalue weighted by atomic mass is 10.1. The van der Waals surface area contributed by atoms with Gasteiger partial charge in [-0.1, -0.05) is 36.5 Å². The summed E-state index contributed by atoms with van der Waals surface area (Å²) in [4.78, 5) is 17.1. The van der Waals surface area contributed by atoms with E-state index in [0.29, 0.717) is 22.8 Å². The zero-order valence-corrected chi connectivity index (χ0v) is 13.7. The third-order valence-electron chi connectivity index (χ3n) is 3.60. The number of rotatable bonds is 5. The Labute approximate surface area is 136 Å². The number of fused-ring (bicyclic) bond motifs is 1. The first-order chi connectivity index (χ1) is 11.1. The van der Waals surface area contributed by atoms with E-state index < -0.39 is 0 Å². The minimum atomic E-state index is -0.244. The van der Waals surface area contributed by atoms with Crippen LogP contribution in [-0.2, 0) is 13.0 Å². The van der Waals surface area contributed by atoms with Crippen LogP contribution in [0.15, 0.2) is 35.1 Å². The van der Waals surface area contributed by atoms with Crippen molar-refractivity contribution in [2.45, 2.75) is 32.9 Å². The highest BCUT2D eigenvalue weighted by atomic mass is 32.1. The average molecular weight is 332 g/mol. The quantitative estimate of drug-likeness (QED) is 0.780. The lowest BCUT2D eigenvalue weighted by Crippen LogP contribution is -2.22. The largest absolute Gasteiger partial charge is 0.304 e. The van der Waals surface area contributed by atoms with Crippen molar-refractivity contribution in [3.05, 3.63) is 62.8 Å². The van der Waals surface area contributed by atoms with Crippen LogP contribution in [-0.4, -0.2) is 14.6 Å². The number of nitrogens with zero attached hydrogens (tertiary/aromatic N) is 3. The summed E-state index contributed by atoms with van der Waals surface area (Å²) in [7, 11) is 0. The molecule has 0 aliphatic heterocycles. The van der Waals surface area contributed by atoms with Crippen molar-refractivity contribution >= 4 is 16.3 Å². The number of hydrogen-bond donors (Lipinski definition) is 1. The van der Waals surface area contributed by atoms with Crippen molar-refractivity contribution in [3.8, 4) is 0 Å². The molecule has 0 aliphatic rings. The van der Waals surface area contributed by atoms with Crippen molar-refractivity contribution in [1.29, 1.82) is 0 Å². The molecule has 3 aromatic rings. The van der Waals surface area contributed by atoms with E-state index in [-0.39, 0.29) is 17.4 Å². The van der Waals surface area contributed by atoms with Crippen LogP contribution in [0.25, 0.3) is 4.96 Å². The topological polar surface area (TPSA) is 59.3 Å². The highest BCUT2D eigenvalue weighted by Gasteiger charge is 2.12. The summed E-state index contributed by atoms with van der Waals surface area (Å²) in [6.45, 7) is 4.26. The highest BCUT2D eigenvalue weighted by molar-refractivity contribution is 7.16. The standard InChI is InChI=1S/C16H17FN4OS/c1-3-14-20-21-15(22)8-11(19-16(21)23-14)9-18-10(2)12-6-4-5-7-13(12)17/h4-8,10,18H,3,9H2,1-2H3. The third-order valence-corrected chi connectivity index (χ3v) is 4.66. The Kier molecular flexibility index (Phi) is 4.49. The molecular weight excluding hydrogens is 315 g/mol. The fourth-order valence-corrected chi connectivity index (χ4v) is 3.18. The van der Waals surface area contributed by atoms with Crippen LogP contribution in [0.2, 0.25) is 0 Å². The molecule has 1 atom stereocenters. The molecule has 2 heterocycles. The lowest BCUT2D eigenvalue weighted by molar-refractivity contribution is 0.524. The molecule has 1 unspecified atom stereocenters. The fraction of sp³-hybridized carbons (Fsp3) is 0.312. The lowest BCUT2D eigenvalue weighted by Gasteiger charge is -2.14. The Balaban J connectivity index is 1.79. The second-order valence-corrected chi connectivity index (χ2v) is 6.29. The molecule has 1 aromatic carbocycles. The van der Waals surface area contributed by atoms with Gasteiger partial charge in [0.05, 0.1) is 5.69 Å². The van der Waals surface area contributed by atoms with Gasteiger partial charge in [0.25, 0.3) is 5.56 Å². The molecule has 3 rings (SSSR count). The van der Waals surface area contributed by atoms with Crippen LogP contribution in [0.1, 0.15) is 36.2 Å². The second kappa shape index (κ2) is 6.55. The van der Waals surface area contributed by atoms with Gasteiger partial charge in [0.15, 0.2) is 0 Å². The first-order valence-electron chi connectivity index (χ1n) is 7.45. The summed E-state index contributed by atoms with van der Waals surface area (Å²) < 4.78 is 15.1. The molecular formula is C16H17FN4OS. The molecule has 0 amide bonds. The van der Waals surface area contributed by atoms with E-state index in [1.54, 1.807) is 18.2 Å². The summed E-state index contributed by atoms with van der Waals surface area (Å²) in [6, 6.07) is 7.94. The zero-order chi connectivity index (χ0) is 16.4. The molecule has 5 nitrogen and oxygen atoms in total. The molecule has 0 saturated carbocycles. The Morgan fingerprint density at radius 2 is 2.17 bits per heavy atom. The van der Waals surface area contributed by atoms with Crippen LogP contribution in [0.5, 0.6) is 0 Å². The first kappa shape index (κ1) is 15.8. The van der Waals surface area contributed by atoms with Gasteiger partial charge in [-0.05, 0) is 19.4 Å². The van der Waals surface area contributed by atoms with Crippen LogP contribution >= 0.6 is 11.3 Å². The minimum Gasteiger partial charge on any atom is -0.304 e. The van der Waals surface area contributed by atoms with Gasteiger partial charge in [-0.2, -0.15) is 9.61 Å². The summed E-state index contributed by atoms with van der Waals surface area (Å²) in [5, 5.41) is 8.29. The summed E-state index contributed by atoms with van der Waals surface area (Å²) in [5.74, 6) is -0.244. The summed E-state index contributed by atoms with van der Waals surface area (Å²) in [5.41, 5.74) is 1.03. The van der Waals surface area contributed by atoms with Crippen molar-refractivity contribution in [1.82, 2.24) is 19.9 Å². The number of nitrogens with one attached hydrogen (secondary N) is 1. The van der Waals surface area contributed by atoms with E-state index in [9.17, 15) is 9.18 Å². The van der Waals surface area contributed by atoms with Gasteiger partial charge in [0, 0.05) is 24.2 Å². The molecule has 1 N–H and O–H groups in total. The fourth-order valence-electron chi connectivity index (χ4n) is 2.32. The maximum absolute atomic E-state index is 13.8. The molecule has 7 heteroatoms. The summed E-state index contributed by atoms with van der Waals surface area (Å²) >= 11 is 1.41. The van der Waals surface area contributed by atoms with E-state index in [2.05, 4.69) is 15.4 Å². The number of aromatic nitrogens is 3. The SMILES string of the molecule is CCc1nn2c(=O)cc(CNC(C)c3ccccc3F)nc2s1. The predicted octanol–water partition coefficient (Wildman–Crippen LogP) is 2.70. The Morgan fingerprint density at radius 3 is 2.91 bits per heavy atom. The monoisotopic (exact) mass is 332 g/mol. The minimum absolute atomic E-state index is 0.177. The number of aryl methyl sites for hydroxylation is 1. The van der Waals surface area contributed by atoms with Gasteiger partial charge in [0.1, 0.15) is 10.8 Å². The molecule has 0 saturated heterocycles. The normalized spacial score (nSPS) is 12.7. The number of benzene rings is 1. The van der Waals surface area contributed by atoms with E-state index >= 15 is 0 Å².